The Labute approximate surface area is 123 Å². The molecule has 1 aromatic rings. The molecule has 0 spiro atoms. The fourth-order valence-corrected chi connectivity index (χ4v) is 1.80. The Morgan fingerprint density at radius 3 is 2.62 bits per heavy atom. The molecule has 1 aromatic carbocycles. The molecule has 7 nitrogen and oxygen atoms in total. The minimum Gasteiger partial charge on any atom is -0.493 e. The first-order chi connectivity index (χ1) is 10.2. The molecule has 1 atom stereocenters. The fraction of sp³-hybridized carbons (Fsp3) is 0.500. The van der Waals surface area contributed by atoms with Gasteiger partial charge in [0.25, 0.3) is 0 Å². The summed E-state index contributed by atoms with van der Waals surface area (Å²) in [6, 6.07) is 5.17. The van der Waals surface area contributed by atoms with Gasteiger partial charge in [0, 0.05) is 11.3 Å². The van der Waals surface area contributed by atoms with Gasteiger partial charge in [0.15, 0.2) is 11.5 Å². The molecule has 1 rings (SSSR count). The van der Waals surface area contributed by atoms with Crippen molar-refractivity contribution in [2.24, 2.45) is 5.11 Å². The summed E-state index contributed by atoms with van der Waals surface area (Å²) in [6.45, 7) is 1.92. The highest BCUT2D eigenvalue weighted by Crippen LogP contribution is 2.31. The highest BCUT2D eigenvalue weighted by atomic mass is 16.5. The Morgan fingerprint density at radius 1 is 1.33 bits per heavy atom. The third kappa shape index (κ3) is 4.89. The van der Waals surface area contributed by atoms with Crippen molar-refractivity contribution in [3.8, 4) is 11.5 Å². The molecular formula is C14H19N3O4. The van der Waals surface area contributed by atoms with Gasteiger partial charge < -0.3 is 14.2 Å². The summed E-state index contributed by atoms with van der Waals surface area (Å²) < 4.78 is 15.7. The van der Waals surface area contributed by atoms with Crippen LogP contribution in [0.3, 0.4) is 0 Å². The van der Waals surface area contributed by atoms with E-state index in [2.05, 4.69) is 10.0 Å². The Kier molecular flexibility index (Phi) is 6.91. The second-order valence-electron chi connectivity index (χ2n) is 4.26. The predicted molar refractivity (Wildman–Crippen MR) is 77.3 cm³/mol. The number of azide groups is 1. The number of rotatable bonds is 8. The number of hydrogen-bond acceptors (Lipinski definition) is 5. The molecule has 1 unspecified atom stereocenters. The lowest BCUT2D eigenvalue weighted by Crippen LogP contribution is -2.13. The number of carbonyl (C=O) groups excluding carboxylic acids is 1. The molecule has 0 fully saturated rings. The number of benzene rings is 1. The molecule has 0 heterocycles. The van der Waals surface area contributed by atoms with Crippen molar-refractivity contribution in [3.63, 3.8) is 0 Å². The van der Waals surface area contributed by atoms with Crippen LogP contribution in [0.1, 0.15) is 31.4 Å². The van der Waals surface area contributed by atoms with E-state index in [1.165, 1.54) is 14.2 Å². The molecule has 0 aliphatic carbocycles. The monoisotopic (exact) mass is 293 g/mol. The van der Waals surface area contributed by atoms with Gasteiger partial charge >= 0.3 is 5.97 Å². The summed E-state index contributed by atoms with van der Waals surface area (Å²) in [5.41, 5.74) is 9.14. The zero-order valence-electron chi connectivity index (χ0n) is 12.4. The highest BCUT2D eigenvalue weighted by molar-refractivity contribution is 5.69. The minimum absolute atomic E-state index is 0.0292. The van der Waals surface area contributed by atoms with E-state index in [1.54, 1.807) is 18.2 Å². The van der Waals surface area contributed by atoms with Crippen LogP contribution in [0.15, 0.2) is 23.3 Å². The minimum atomic E-state index is -0.639. The number of methoxy groups -OCH3 is 2. The lowest BCUT2D eigenvalue weighted by Gasteiger charge is -2.18. The van der Waals surface area contributed by atoms with E-state index in [-0.39, 0.29) is 12.5 Å². The maximum absolute atomic E-state index is 11.7. The normalized spacial score (nSPS) is 11.2. The standard InChI is InChI=1S/C14H19N3O4/c1-4-5-14(18)21-13(9-16-17-15)10-6-7-11(19-2)12(8-10)20-3/h6-8,13H,4-5,9H2,1-3H3. The number of hydrogen-bond donors (Lipinski definition) is 0. The van der Waals surface area contributed by atoms with Crippen molar-refractivity contribution in [3.05, 3.63) is 34.2 Å². The van der Waals surface area contributed by atoms with E-state index in [1.807, 2.05) is 6.92 Å². The molecule has 0 aliphatic heterocycles. The molecule has 114 valence electrons. The third-order valence-electron chi connectivity index (χ3n) is 2.82. The first-order valence-corrected chi connectivity index (χ1v) is 6.58. The Bertz CT molecular complexity index is 527. The van der Waals surface area contributed by atoms with Crippen LogP contribution in [-0.2, 0) is 9.53 Å². The van der Waals surface area contributed by atoms with Gasteiger partial charge in [0.2, 0.25) is 0 Å². The van der Waals surface area contributed by atoms with Gasteiger partial charge in [-0.2, -0.15) is 0 Å². The second kappa shape index (κ2) is 8.71. The molecule has 0 amide bonds. The van der Waals surface area contributed by atoms with Crippen molar-refractivity contribution >= 4 is 5.97 Å². The van der Waals surface area contributed by atoms with Crippen LogP contribution in [0.2, 0.25) is 0 Å². The molecule has 0 saturated heterocycles. The maximum Gasteiger partial charge on any atom is 0.306 e. The van der Waals surface area contributed by atoms with E-state index < -0.39 is 6.10 Å². The molecule has 0 bridgehead atoms. The zero-order chi connectivity index (χ0) is 15.7. The molecule has 0 aliphatic rings. The molecule has 7 heteroatoms. The van der Waals surface area contributed by atoms with Crippen molar-refractivity contribution in [2.45, 2.75) is 25.9 Å². The lowest BCUT2D eigenvalue weighted by molar-refractivity contribution is -0.149. The summed E-state index contributed by atoms with van der Waals surface area (Å²) in [6.07, 6.45) is 0.374. The highest BCUT2D eigenvalue weighted by Gasteiger charge is 2.18. The average Bonchev–Trinajstić information content (AvgIpc) is 2.50. The molecular weight excluding hydrogens is 274 g/mol. The van der Waals surface area contributed by atoms with Crippen LogP contribution in [0.4, 0.5) is 0 Å². The SMILES string of the molecule is CCCC(=O)OC(CN=[N+]=[N-])c1ccc(OC)c(OC)c1. The maximum atomic E-state index is 11.7. The van der Waals surface area contributed by atoms with E-state index in [0.717, 1.165) is 0 Å². The molecule has 0 saturated carbocycles. The quantitative estimate of drug-likeness (QED) is 0.318. The van der Waals surface area contributed by atoms with Crippen LogP contribution >= 0.6 is 0 Å². The van der Waals surface area contributed by atoms with Crippen LogP contribution < -0.4 is 9.47 Å². The van der Waals surface area contributed by atoms with Crippen molar-refractivity contribution < 1.29 is 19.0 Å². The van der Waals surface area contributed by atoms with Gasteiger partial charge in [0.05, 0.1) is 20.8 Å². The summed E-state index contributed by atoms with van der Waals surface area (Å²) in [7, 11) is 3.06. The van der Waals surface area contributed by atoms with Crippen molar-refractivity contribution in [1.29, 1.82) is 0 Å². The van der Waals surface area contributed by atoms with Crippen LogP contribution in [0, 0.1) is 0 Å². The van der Waals surface area contributed by atoms with Gasteiger partial charge in [-0.15, -0.1) is 0 Å². The first kappa shape index (κ1) is 16.7. The molecule has 0 aromatic heterocycles. The first-order valence-electron chi connectivity index (χ1n) is 6.58. The third-order valence-corrected chi connectivity index (χ3v) is 2.82. The van der Waals surface area contributed by atoms with Gasteiger partial charge in [0.1, 0.15) is 6.10 Å². The van der Waals surface area contributed by atoms with Crippen LogP contribution in [-0.4, -0.2) is 26.7 Å². The molecule has 21 heavy (non-hydrogen) atoms. The molecule has 0 radical (unpaired) electrons. The van der Waals surface area contributed by atoms with Gasteiger partial charge in [-0.05, 0) is 29.6 Å². The average molecular weight is 293 g/mol. The summed E-state index contributed by atoms with van der Waals surface area (Å²) in [5, 5.41) is 3.49. The second-order valence-corrected chi connectivity index (χ2v) is 4.26. The fourth-order valence-electron chi connectivity index (χ4n) is 1.80. The Hall–Kier alpha value is -2.40. The van der Waals surface area contributed by atoms with Crippen LogP contribution in [0.25, 0.3) is 10.4 Å². The summed E-state index contributed by atoms with van der Waals surface area (Å²) >= 11 is 0. The van der Waals surface area contributed by atoms with E-state index >= 15 is 0 Å². The van der Waals surface area contributed by atoms with Crippen LogP contribution in [0.5, 0.6) is 11.5 Å². The van der Waals surface area contributed by atoms with Gasteiger partial charge in [-0.1, -0.05) is 18.1 Å². The smallest absolute Gasteiger partial charge is 0.306 e. The van der Waals surface area contributed by atoms with Gasteiger partial charge in [-0.25, -0.2) is 0 Å². The summed E-state index contributed by atoms with van der Waals surface area (Å²) in [4.78, 5) is 14.4. The summed E-state index contributed by atoms with van der Waals surface area (Å²) in [5.74, 6) is 0.765. The lowest BCUT2D eigenvalue weighted by atomic mass is 10.1. The predicted octanol–water partition coefficient (Wildman–Crippen LogP) is 3.40. The van der Waals surface area contributed by atoms with E-state index in [0.29, 0.717) is 29.9 Å². The van der Waals surface area contributed by atoms with Gasteiger partial charge in [-0.3, -0.25) is 4.79 Å². The topological polar surface area (TPSA) is 93.5 Å². The molecule has 0 N–H and O–H groups in total. The number of carbonyl (C=O) groups is 1. The largest absolute Gasteiger partial charge is 0.493 e. The Balaban J connectivity index is 3.01. The van der Waals surface area contributed by atoms with E-state index in [4.69, 9.17) is 19.7 Å². The number of esters is 1. The Morgan fingerprint density at radius 2 is 2.05 bits per heavy atom. The van der Waals surface area contributed by atoms with Crippen molar-refractivity contribution in [1.82, 2.24) is 0 Å². The van der Waals surface area contributed by atoms with Crippen molar-refractivity contribution in [2.75, 3.05) is 20.8 Å². The zero-order valence-corrected chi connectivity index (χ0v) is 12.4. The number of nitrogens with zero attached hydrogens (tertiary/aromatic N) is 3. The number of ether oxygens (including phenoxy) is 3. The van der Waals surface area contributed by atoms with E-state index in [9.17, 15) is 4.79 Å².